The lowest BCUT2D eigenvalue weighted by Gasteiger charge is -2.36. The molecule has 192 valence electrons. The molecule has 4 atom stereocenters. The third-order valence-electron chi connectivity index (χ3n) is 6.83. The number of halogens is 1. The first-order chi connectivity index (χ1) is 16.5. The monoisotopic (exact) mass is 504 g/mol. The van der Waals surface area contributed by atoms with E-state index in [4.69, 9.17) is 21.1 Å². The first-order valence-electron chi connectivity index (χ1n) is 12.1. The molecule has 0 saturated carbocycles. The van der Waals surface area contributed by atoms with Crippen LogP contribution in [0.5, 0.6) is 5.75 Å². The third kappa shape index (κ3) is 7.24. The average molecular weight is 505 g/mol. The molecule has 2 N–H and O–H groups in total. The first-order valence-corrected chi connectivity index (χ1v) is 12.5. The molecular weight excluding hydrogens is 468 g/mol. The van der Waals surface area contributed by atoms with Gasteiger partial charge in [-0.3, -0.25) is 4.79 Å². The van der Waals surface area contributed by atoms with Crippen LogP contribution in [-0.2, 0) is 16.0 Å². The molecule has 1 saturated heterocycles. The smallest absolute Gasteiger partial charge is 0.407 e. The summed E-state index contributed by atoms with van der Waals surface area (Å²) in [6.45, 7) is 5.75. The number of hydrogen-bond acceptors (Lipinski definition) is 5. The van der Waals surface area contributed by atoms with Crippen molar-refractivity contribution in [2.24, 2.45) is 5.92 Å². The highest BCUT2D eigenvalue weighted by molar-refractivity contribution is 6.35. The Morgan fingerprint density at radius 1 is 1.31 bits per heavy atom. The zero-order valence-corrected chi connectivity index (χ0v) is 22.0. The topological polar surface area (TPSA) is 88.1 Å². The minimum Gasteiger partial charge on any atom is -0.495 e. The molecule has 1 aromatic rings. The molecule has 2 heterocycles. The van der Waals surface area contributed by atoms with Gasteiger partial charge in [0, 0.05) is 25.9 Å². The zero-order valence-electron chi connectivity index (χ0n) is 21.3. The number of carbonyl (C=O) groups excluding carboxylic acids is 2. The Kier molecular flexibility index (Phi) is 8.89. The molecule has 8 heteroatoms. The van der Waals surface area contributed by atoms with Gasteiger partial charge in [-0.05, 0) is 63.1 Å². The van der Waals surface area contributed by atoms with Gasteiger partial charge in [0.15, 0.2) is 0 Å². The van der Waals surface area contributed by atoms with Crippen molar-refractivity contribution in [2.75, 3.05) is 19.1 Å². The van der Waals surface area contributed by atoms with E-state index >= 15 is 0 Å². The van der Waals surface area contributed by atoms with Crippen LogP contribution in [0.2, 0.25) is 5.02 Å². The van der Waals surface area contributed by atoms with Gasteiger partial charge >= 0.3 is 6.09 Å². The summed E-state index contributed by atoms with van der Waals surface area (Å²) < 4.78 is 11.0. The van der Waals surface area contributed by atoms with Crippen LogP contribution in [0.1, 0.15) is 58.4 Å². The number of benzene rings is 1. The lowest BCUT2D eigenvalue weighted by Crippen LogP contribution is -2.48. The maximum atomic E-state index is 13.1. The third-order valence-corrected chi connectivity index (χ3v) is 7.21. The number of allylic oxidation sites excluding steroid dienone is 3. The maximum Gasteiger partial charge on any atom is 0.407 e. The fourth-order valence-corrected chi connectivity index (χ4v) is 5.14. The predicted octanol–water partition coefficient (Wildman–Crippen LogP) is 5.18. The Labute approximate surface area is 213 Å². The van der Waals surface area contributed by atoms with E-state index in [0.29, 0.717) is 42.1 Å². The van der Waals surface area contributed by atoms with Gasteiger partial charge in [-0.1, -0.05) is 42.3 Å². The zero-order chi connectivity index (χ0) is 25.8. The summed E-state index contributed by atoms with van der Waals surface area (Å²) in [4.78, 5) is 26.7. The fraction of sp³-hybridized carbons (Fsp3) is 0.556. The molecule has 35 heavy (non-hydrogen) atoms. The van der Waals surface area contributed by atoms with Crippen molar-refractivity contribution in [3.63, 3.8) is 0 Å². The lowest BCUT2D eigenvalue weighted by molar-refractivity contribution is -0.119. The Balaban J connectivity index is 1.93. The van der Waals surface area contributed by atoms with Gasteiger partial charge < -0.3 is 24.8 Å². The van der Waals surface area contributed by atoms with Crippen molar-refractivity contribution in [3.05, 3.63) is 46.5 Å². The number of rotatable bonds is 1. The molecule has 2 aliphatic heterocycles. The van der Waals surface area contributed by atoms with Crippen molar-refractivity contribution in [2.45, 2.75) is 77.0 Å². The van der Waals surface area contributed by atoms with Crippen LogP contribution >= 0.6 is 11.6 Å². The molecule has 2 amide bonds. The number of methoxy groups -OCH3 is 1. The van der Waals surface area contributed by atoms with Crippen molar-refractivity contribution < 1.29 is 24.2 Å². The summed E-state index contributed by atoms with van der Waals surface area (Å²) in [6.07, 6.45) is 8.24. The summed E-state index contributed by atoms with van der Waals surface area (Å²) in [6, 6.07) is 3.77. The van der Waals surface area contributed by atoms with Crippen LogP contribution in [-0.4, -0.2) is 49.0 Å². The quantitative estimate of drug-likeness (QED) is 0.550. The Morgan fingerprint density at radius 2 is 2.06 bits per heavy atom. The van der Waals surface area contributed by atoms with E-state index in [2.05, 4.69) is 5.32 Å². The van der Waals surface area contributed by atoms with Crippen LogP contribution in [0.3, 0.4) is 0 Å². The maximum absolute atomic E-state index is 13.1. The van der Waals surface area contributed by atoms with Gasteiger partial charge in [0.1, 0.15) is 16.9 Å². The standard InChI is InChI=1S/C27H37ClN2O5/c1-17-8-6-7-9-20-15-22(35-26(32)29-20)18(2)16-27(3,33)11-10-24(31)30(4)21-13-19(12-17)14-23(34-5)25(21)28/h6-8,13-14,18,20,22,33H,9-12,15-16H2,1-5H3,(H,29,32)/b7-6+,17-8+. The summed E-state index contributed by atoms with van der Waals surface area (Å²) in [5, 5.41) is 14.3. The number of nitrogens with zero attached hydrogens (tertiary/aromatic N) is 1. The molecular formula is C27H37ClN2O5. The van der Waals surface area contributed by atoms with Crippen LogP contribution in [0, 0.1) is 5.92 Å². The number of alkyl carbamates (subject to hydrolysis) is 1. The molecule has 7 nitrogen and oxygen atoms in total. The van der Waals surface area contributed by atoms with Crippen LogP contribution < -0.4 is 15.0 Å². The average Bonchev–Trinajstić information content (AvgIpc) is 2.79. The van der Waals surface area contributed by atoms with E-state index in [1.807, 2.05) is 44.2 Å². The number of anilines is 1. The number of amides is 2. The lowest BCUT2D eigenvalue weighted by atomic mass is 9.84. The number of hydrogen-bond donors (Lipinski definition) is 2. The van der Waals surface area contributed by atoms with E-state index in [0.717, 1.165) is 11.1 Å². The highest BCUT2D eigenvalue weighted by Gasteiger charge is 2.35. The Morgan fingerprint density at radius 3 is 2.77 bits per heavy atom. The summed E-state index contributed by atoms with van der Waals surface area (Å²) in [5.74, 6) is 0.298. The van der Waals surface area contributed by atoms with E-state index in [9.17, 15) is 14.7 Å². The molecule has 4 bridgehead atoms. The molecule has 0 aliphatic carbocycles. The minimum atomic E-state index is -1.09. The predicted molar refractivity (Wildman–Crippen MR) is 138 cm³/mol. The second kappa shape index (κ2) is 11.5. The normalized spacial score (nSPS) is 31.1. The summed E-state index contributed by atoms with van der Waals surface area (Å²) >= 11 is 6.57. The summed E-state index contributed by atoms with van der Waals surface area (Å²) in [5.41, 5.74) is 1.59. The summed E-state index contributed by atoms with van der Waals surface area (Å²) in [7, 11) is 3.24. The van der Waals surface area contributed by atoms with Gasteiger partial charge in [0.05, 0.1) is 18.4 Å². The van der Waals surface area contributed by atoms with Gasteiger partial charge in [-0.25, -0.2) is 4.79 Å². The van der Waals surface area contributed by atoms with Gasteiger partial charge in [-0.2, -0.15) is 0 Å². The molecule has 3 rings (SSSR count). The number of carbonyl (C=O) groups is 2. The van der Waals surface area contributed by atoms with E-state index in [1.54, 1.807) is 21.1 Å². The van der Waals surface area contributed by atoms with Gasteiger partial charge in [0.25, 0.3) is 0 Å². The minimum absolute atomic E-state index is 0.0287. The van der Waals surface area contributed by atoms with E-state index in [1.165, 1.54) is 4.90 Å². The molecule has 1 aromatic carbocycles. The van der Waals surface area contributed by atoms with Crippen molar-refractivity contribution in [1.29, 1.82) is 0 Å². The Hall–Kier alpha value is -2.51. The highest BCUT2D eigenvalue weighted by Crippen LogP contribution is 2.37. The second-order valence-electron chi connectivity index (χ2n) is 10.1. The van der Waals surface area contributed by atoms with Crippen LogP contribution in [0.15, 0.2) is 35.9 Å². The Bertz CT molecular complexity index is 1000. The molecule has 1 fully saturated rings. The second-order valence-corrected chi connectivity index (χ2v) is 10.5. The van der Waals surface area contributed by atoms with Crippen LogP contribution in [0.25, 0.3) is 0 Å². The SMILES string of the molecule is COc1cc2cc(c1Cl)N(C)C(=O)CCC(C)(O)CC(C)C1CC(C/C=C/C=C(\C)C2)NC(=O)O1. The van der Waals surface area contributed by atoms with Gasteiger partial charge in [-0.15, -0.1) is 0 Å². The van der Waals surface area contributed by atoms with Crippen LogP contribution in [0.4, 0.5) is 10.5 Å². The number of ether oxygens (including phenoxy) is 2. The highest BCUT2D eigenvalue weighted by atomic mass is 35.5. The first kappa shape index (κ1) is 27.1. The van der Waals surface area contributed by atoms with Crippen molar-refractivity contribution in [1.82, 2.24) is 5.32 Å². The largest absolute Gasteiger partial charge is 0.495 e. The molecule has 0 aromatic heterocycles. The van der Waals surface area contributed by atoms with Crippen molar-refractivity contribution in [3.8, 4) is 5.75 Å². The molecule has 4 unspecified atom stereocenters. The van der Waals surface area contributed by atoms with Crippen molar-refractivity contribution >= 4 is 29.3 Å². The molecule has 0 spiro atoms. The number of fused-ring (bicyclic) bond motifs is 4. The van der Waals surface area contributed by atoms with Gasteiger partial charge in [0.2, 0.25) is 5.91 Å². The van der Waals surface area contributed by atoms with E-state index in [-0.39, 0.29) is 36.8 Å². The van der Waals surface area contributed by atoms with E-state index < -0.39 is 11.7 Å². The molecule has 0 radical (unpaired) electrons. The number of aliphatic hydroxyl groups is 1. The number of nitrogens with one attached hydrogen (secondary N) is 1. The fourth-order valence-electron chi connectivity index (χ4n) is 4.82. The molecule has 2 aliphatic rings.